The summed E-state index contributed by atoms with van der Waals surface area (Å²) in [4.78, 5) is 19.9. The first-order valence-electron chi connectivity index (χ1n) is 7.92. The molecule has 11 heteroatoms. The van der Waals surface area contributed by atoms with Gasteiger partial charge in [-0.3, -0.25) is 4.57 Å². The minimum Gasteiger partial charge on any atom is -0.378 e. The molecule has 0 bridgehead atoms. The highest BCUT2D eigenvalue weighted by Crippen LogP contribution is 2.54. The SMILES string of the molecule is B[C@@H]1C[C@H](CCP(=O)(O)OC)[C@@H](OC)[C@H]1OP(O)(=S)OC(C)(C)C. The van der Waals surface area contributed by atoms with Crippen molar-refractivity contribution in [1.82, 2.24) is 0 Å². The molecule has 24 heavy (non-hydrogen) atoms. The molecule has 0 aromatic rings. The molecule has 0 heterocycles. The first-order valence-corrected chi connectivity index (χ1v) is 12.3. The summed E-state index contributed by atoms with van der Waals surface area (Å²) >= 11 is 5.13. The fraction of sp³-hybridized carbons (Fsp3) is 1.00. The Morgan fingerprint density at radius 3 is 2.29 bits per heavy atom. The lowest BCUT2D eigenvalue weighted by Gasteiger charge is -2.31. The van der Waals surface area contributed by atoms with Gasteiger partial charge in [0.1, 0.15) is 7.85 Å². The largest absolute Gasteiger partial charge is 0.378 e. The molecule has 1 saturated carbocycles. The van der Waals surface area contributed by atoms with Gasteiger partial charge in [0.2, 0.25) is 0 Å². The van der Waals surface area contributed by atoms with Crippen LogP contribution in [-0.2, 0) is 34.7 Å². The Balaban J connectivity index is 2.78. The van der Waals surface area contributed by atoms with E-state index in [9.17, 15) is 14.4 Å². The summed E-state index contributed by atoms with van der Waals surface area (Å²) in [5, 5.41) is 0. The Kier molecular flexibility index (Phi) is 8.15. The Labute approximate surface area is 150 Å². The van der Waals surface area contributed by atoms with Crippen LogP contribution >= 0.6 is 14.3 Å². The van der Waals surface area contributed by atoms with Gasteiger partial charge in [0, 0.05) is 14.2 Å². The van der Waals surface area contributed by atoms with Gasteiger partial charge < -0.3 is 28.1 Å². The smallest absolute Gasteiger partial charge is 0.327 e. The number of ether oxygens (including phenoxy) is 1. The minimum absolute atomic E-state index is 0.0234. The Morgan fingerprint density at radius 2 is 1.83 bits per heavy atom. The average molecular weight is 402 g/mol. The van der Waals surface area contributed by atoms with Gasteiger partial charge in [-0.2, -0.15) is 0 Å². The van der Waals surface area contributed by atoms with Crippen LogP contribution in [0.15, 0.2) is 0 Å². The van der Waals surface area contributed by atoms with Crippen LogP contribution in [0.25, 0.3) is 0 Å². The van der Waals surface area contributed by atoms with Crippen molar-refractivity contribution in [1.29, 1.82) is 0 Å². The maximum absolute atomic E-state index is 11.7. The van der Waals surface area contributed by atoms with Crippen molar-refractivity contribution in [3.63, 3.8) is 0 Å². The normalized spacial score (nSPS) is 33.1. The molecule has 1 aliphatic carbocycles. The van der Waals surface area contributed by atoms with Gasteiger partial charge in [0.15, 0.2) is 0 Å². The maximum Gasteiger partial charge on any atom is 0.327 e. The number of methoxy groups -OCH3 is 1. The van der Waals surface area contributed by atoms with E-state index < -0.39 is 26.0 Å². The van der Waals surface area contributed by atoms with Crippen LogP contribution < -0.4 is 0 Å². The van der Waals surface area contributed by atoms with Crippen LogP contribution in [0.3, 0.4) is 0 Å². The van der Waals surface area contributed by atoms with Gasteiger partial charge in [-0.1, -0.05) is 0 Å². The van der Waals surface area contributed by atoms with Gasteiger partial charge in [-0.05, 0) is 57.2 Å². The molecule has 2 unspecified atom stereocenters. The van der Waals surface area contributed by atoms with Crippen LogP contribution in [0, 0.1) is 5.92 Å². The van der Waals surface area contributed by atoms with E-state index in [-0.39, 0.29) is 24.0 Å². The third-order valence-electron chi connectivity index (χ3n) is 4.01. The Hall–Kier alpha value is 0.705. The summed E-state index contributed by atoms with van der Waals surface area (Å²) in [5.41, 5.74) is -0.615. The van der Waals surface area contributed by atoms with E-state index in [0.29, 0.717) is 6.42 Å². The third-order valence-corrected chi connectivity index (χ3v) is 7.17. The van der Waals surface area contributed by atoms with Crippen molar-refractivity contribution in [3.8, 4) is 0 Å². The summed E-state index contributed by atoms with van der Waals surface area (Å²) in [5.74, 6) is 0.105. The van der Waals surface area contributed by atoms with Crippen LogP contribution in [0.4, 0.5) is 0 Å². The molecule has 1 rings (SSSR count). The molecule has 0 spiro atoms. The molecule has 1 fully saturated rings. The summed E-state index contributed by atoms with van der Waals surface area (Å²) in [6.07, 6.45) is 0.532. The van der Waals surface area contributed by atoms with Crippen molar-refractivity contribution in [3.05, 3.63) is 0 Å². The van der Waals surface area contributed by atoms with Crippen LogP contribution in [0.1, 0.15) is 33.6 Å². The second kappa shape index (κ2) is 8.60. The molecular formula is C13H29BO7P2S. The standard InChI is InChI=1S/C13H29BO7P2S/c1-13(2,3)21-23(17,24)20-12-10(14)8-9(11(12)18-4)6-7-22(15,16)19-5/h9-12H,6-8,14H2,1-5H3,(H,15,16)(H,17,24)/t9-,10+,11+,12-,23?/m0/s1. The lowest BCUT2D eigenvalue weighted by molar-refractivity contribution is -0.0174. The van der Waals surface area contributed by atoms with E-state index in [1.54, 1.807) is 27.9 Å². The third kappa shape index (κ3) is 7.14. The highest BCUT2D eigenvalue weighted by Gasteiger charge is 2.45. The predicted octanol–water partition coefficient (Wildman–Crippen LogP) is 2.08. The molecule has 0 saturated heterocycles. The van der Waals surface area contributed by atoms with Crippen molar-refractivity contribution >= 4 is 34.0 Å². The second-order valence-corrected chi connectivity index (χ2v) is 12.1. The highest BCUT2D eigenvalue weighted by molar-refractivity contribution is 8.07. The first kappa shape index (κ1) is 22.7. The summed E-state index contributed by atoms with van der Waals surface area (Å²) in [7, 11) is 1.22. The van der Waals surface area contributed by atoms with Gasteiger partial charge >= 0.3 is 14.3 Å². The van der Waals surface area contributed by atoms with E-state index in [0.717, 1.165) is 6.42 Å². The highest BCUT2D eigenvalue weighted by atomic mass is 32.5. The van der Waals surface area contributed by atoms with Crippen molar-refractivity contribution in [2.24, 2.45) is 5.92 Å². The Bertz CT molecular complexity index is 513. The van der Waals surface area contributed by atoms with Crippen LogP contribution in [0.2, 0.25) is 5.82 Å². The monoisotopic (exact) mass is 402 g/mol. The molecule has 0 aliphatic heterocycles. The van der Waals surface area contributed by atoms with E-state index in [1.165, 1.54) is 7.11 Å². The van der Waals surface area contributed by atoms with Gasteiger partial charge in [0.05, 0.1) is 24.0 Å². The molecule has 0 amide bonds. The zero-order valence-corrected chi connectivity index (χ0v) is 17.8. The van der Waals surface area contributed by atoms with Crippen molar-refractivity contribution in [2.45, 2.75) is 57.2 Å². The molecule has 1 aliphatic rings. The first-order chi connectivity index (χ1) is 10.8. The quantitative estimate of drug-likeness (QED) is 0.471. The molecule has 7 nitrogen and oxygen atoms in total. The Morgan fingerprint density at radius 1 is 1.25 bits per heavy atom. The topological polar surface area (TPSA) is 94.5 Å². The molecule has 142 valence electrons. The minimum atomic E-state index is -3.56. The second-order valence-electron chi connectivity index (χ2n) is 7.25. The van der Waals surface area contributed by atoms with E-state index in [1.807, 2.05) is 7.85 Å². The zero-order valence-electron chi connectivity index (χ0n) is 15.2. The van der Waals surface area contributed by atoms with E-state index in [4.69, 9.17) is 25.6 Å². The zero-order chi connectivity index (χ0) is 18.8. The fourth-order valence-corrected chi connectivity index (χ4v) is 6.23. The van der Waals surface area contributed by atoms with E-state index >= 15 is 0 Å². The predicted molar refractivity (Wildman–Crippen MR) is 99.7 cm³/mol. The number of hydrogen-bond acceptors (Lipinski definition) is 6. The molecule has 0 aromatic carbocycles. The van der Waals surface area contributed by atoms with Gasteiger partial charge in [-0.15, -0.1) is 0 Å². The molecule has 0 aromatic heterocycles. The number of hydrogen-bond donors (Lipinski definition) is 2. The van der Waals surface area contributed by atoms with Crippen LogP contribution in [0.5, 0.6) is 0 Å². The number of rotatable bonds is 8. The average Bonchev–Trinajstić information content (AvgIpc) is 2.69. The molecule has 0 radical (unpaired) electrons. The lowest BCUT2D eigenvalue weighted by atomic mass is 9.83. The summed E-state index contributed by atoms with van der Waals surface area (Å²) in [6.45, 7) is 1.98. The summed E-state index contributed by atoms with van der Waals surface area (Å²) in [6, 6.07) is 0. The van der Waals surface area contributed by atoms with Crippen molar-refractivity contribution in [2.75, 3.05) is 20.4 Å². The van der Waals surface area contributed by atoms with Gasteiger partial charge in [-0.25, -0.2) is 0 Å². The fourth-order valence-electron chi connectivity index (χ4n) is 3.05. The maximum atomic E-state index is 11.7. The van der Waals surface area contributed by atoms with Crippen molar-refractivity contribution < 1.29 is 32.7 Å². The van der Waals surface area contributed by atoms with Crippen LogP contribution in [-0.4, -0.2) is 55.8 Å². The lowest BCUT2D eigenvalue weighted by Crippen LogP contribution is -2.32. The molecular weight excluding hydrogens is 373 g/mol. The summed E-state index contributed by atoms with van der Waals surface area (Å²) < 4.78 is 33.1. The van der Waals surface area contributed by atoms with E-state index in [2.05, 4.69) is 4.52 Å². The molecule has 6 atom stereocenters. The van der Waals surface area contributed by atoms with Gasteiger partial charge in [0.25, 0.3) is 0 Å². The molecule has 2 N–H and O–H groups in total.